The van der Waals surface area contributed by atoms with Gasteiger partial charge in [0.1, 0.15) is 0 Å². The maximum atomic E-state index is 13.4. The average Bonchev–Trinajstić information content (AvgIpc) is 3.52. The van der Waals surface area contributed by atoms with Crippen molar-refractivity contribution in [2.75, 3.05) is 6.54 Å². The molecule has 2 fully saturated rings. The SMILES string of the molecule is Cc1nc(Cc2cc(C(=O)CN3C4CCC3[C@H](O)C4)c(C)n2-c2ccc(C#N)cc2)cs1. The van der Waals surface area contributed by atoms with Crippen LogP contribution in [-0.4, -0.2) is 50.1 Å². The Morgan fingerprint density at radius 2 is 2.06 bits per heavy atom. The van der Waals surface area contributed by atoms with Crippen LogP contribution >= 0.6 is 11.3 Å². The quantitative estimate of drug-likeness (QED) is 0.583. The Bertz CT molecular complexity index is 1200. The molecule has 0 aliphatic carbocycles. The highest BCUT2D eigenvalue weighted by Gasteiger charge is 2.46. The molecule has 7 heteroatoms. The molecule has 3 aromatic rings. The van der Waals surface area contributed by atoms with Crippen molar-refractivity contribution in [3.8, 4) is 11.8 Å². The third kappa shape index (κ3) is 3.69. The maximum Gasteiger partial charge on any atom is 0.178 e. The van der Waals surface area contributed by atoms with E-state index in [9.17, 15) is 9.90 Å². The molecular weight excluding hydrogens is 420 g/mol. The molecule has 4 heterocycles. The Hall–Kier alpha value is -2.79. The lowest BCUT2D eigenvalue weighted by Gasteiger charge is -2.21. The van der Waals surface area contributed by atoms with E-state index in [4.69, 9.17) is 5.26 Å². The third-order valence-electron chi connectivity index (χ3n) is 6.88. The van der Waals surface area contributed by atoms with Gasteiger partial charge in [0.05, 0.1) is 35.0 Å². The van der Waals surface area contributed by atoms with E-state index in [1.54, 1.807) is 23.5 Å². The molecule has 32 heavy (non-hydrogen) atoms. The van der Waals surface area contributed by atoms with E-state index < -0.39 is 0 Å². The first-order chi connectivity index (χ1) is 15.4. The van der Waals surface area contributed by atoms with Crippen LogP contribution in [0.4, 0.5) is 0 Å². The fourth-order valence-corrected chi connectivity index (χ4v) is 5.98. The fraction of sp³-hybridized carbons (Fsp3) is 0.400. The normalized spacial score (nSPS) is 22.4. The molecule has 1 aromatic carbocycles. The first-order valence-corrected chi connectivity index (χ1v) is 11.9. The van der Waals surface area contributed by atoms with Crippen molar-refractivity contribution in [1.82, 2.24) is 14.5 Å². The van der Waals surface area contributed by atoms with E-state index in [0.29, 0.717) is 24.6 Å². The number of aliphatic hydroxyl groups excluding tert-OH is 1. The summed E-state index contributed by atoms with van der Waals surface area (Å²) in [6.45, 7) is 4.32. The summed E-state index contributed by atoms with van der Waals surface area (Å²) >= 11 is 1.62. The van der Waals surface area contributed by atoms with Gasteiger partial charge in [-0.15, -0.1) is 11.3 Å². The highest BCUT2D eigenvalue weighted by Crippen LogP contribution is 2.38. The molecule has 0 radical (unpaired) electrons. The highest BCUT2D eigenvalue weighted by molar-refractivity contribution is 7.09. The molecule has 1 N–H and O–H groups in total. The summed E-state index contributed by atoms with van der Waals surface area (Å²) in [5.74, 6) is 0.0941. The van der Waals surface area contributed by atoms with Crippen molar-refractivity contribution in [3.05, 3.63) is 68.9 Å². The zero-order chi connectivity index (χ0) is 22.4. The van der Waals surface area contributed by atoms with Gasteiger partial charge in [-0.05, 0) is 63.4 Å². The van der Waals surface area contributed by atoms with Crippen molar-refractivity contribution in [2.24, 2.45) is 0 Å². The zero-order valence-electron chi connectivity index (χ0n) is 18.3. The summed E-state index contributed by atoms with van der Waals surface area (Å²) in [5, 5.41) is 22.5. The standard InChI is InChI=1S/C25H26N4O2S/c1-15-22(25(31)13-28-20-7-8-23(28)24(30)11-20)10-21(9-18-14-32-16(2)27-18)29(15)19-5-3-17(12-26)4-6-19/h3-6,10,14,20,23-24,30H,7-9,11,13H2,1-2H3/t20?,23?,24-/m1/s1. The van der Waals surface area contributed by atoms with Crippen molar-refractivity contribution in [2.45, 2.75) is 57.7 Å². The van der Waals surface area contributed by atoms with Gasteiger partial charge in [-0.25, -0.2) is 4.98 Å². The van der Waals surface area contributed by atoms with E-state index in [2.05, 4.69) is 25.9 Å². The van der Waals surface area contributed by atoms with Gasteiger partial charge in [-0.3, -0.25) is 9.69 Å². The summed E-state index contributed by atoms with van der Waals surface area (Å²) in [6, 6.07) is 12.0. The molecule has 0 amide bonds. The predicted molar refractivity (Wildman–Crippen MR) is 123 cm³/mol. The molecule has 2 saturated heterocycles. The monoisotopic (exact) mass is 446 g/mol. The number of nitrogens with zero attached hydrogens (tertiary/aromatic N) is 4. The molecule has 2 aliphatic rings. The van der Waals surface area contributed by atoms with Crippen LogP contribution in [0.25, 0.3) is 5.69 Å². The van der Waals surface area contributed by atoms with Gasteiger partial charge in [0.15, 0.2) is 5.78 Å². The van der Waals surface area contributed by atoms with Crippen LogP contribution < -0.4 is 0 Å². The molecule has 5 rings (SSSR count). The largest absolute Gasteiger partial charge is 0.391 e. The number of rotatable bonds is 6. The third-order valence-corrected chi connectivity index (χ3v) is 7.70. The molecule has 0 spiro atoms. The predicted octanol–water partition coefficient (Wildman–Crippen LogP) is 3.79. The van der Waals surface area contributed by atoms with E-state index >= 15 is 0 Å². The first-order valence-electron chi connectivity index (χ1n) is 11.0. The second-order valence-electron chi connectivity index (χ2n) is 8.86. The average molecular weight is 447 g/mol. The van der Waals surface area contributed by atoms with E-state index in [0.717, 1.165) is 52.6 Å². The molecule has 2 unspecified atom stereocenters. The first kappa shape index (κ1) is 21.1. The van der Waals surface area contributed by atoms with Crippen molar-refractivity contribution in [3.63, 3.8) is 0 Å². The number of nitriles is 1. The molecule has 2 aromatic heterocycles. The number of fused-ring (bicyclic) bond motifs is 2. The number of hydrogen-bond donors (Lipinski definition) is 1. The van der Waals surface area contributed by atoms with Crippen LogP contribution in [0.1, 0.15) is 57.3 Å². The molecule has 2 bridgehead atoms. The lowest BCUT2D eigenvalue weighted by atomic mass is 9.98. The van der Waals surface area contributed by atoms with E-state index in [1.807, 2.05) is 32.0 Å². The van der Waals surface area contributed by atoms with E-state index in [-0.39, 0.29) is 17.9 Å². The number of aryl methyl sites for hydroxylation is 1. The highest BCUT2D eigenvalue weighted by atomic mass is 32.1. The number of aliphatic hydroxyl groups is 1. The molecule has 6 nitrogen and oxygen atoms in total. The van der Waals surface area contributed by atoms with Crippen LogP contribution in [0.5, 0.6) is 0 Å². The Morgan fingerprint density at radius 3 is 2.66 bits per heavy atom. The van der Waals surface area contributed by atoms with Crippen LogP contribution in [-0.2, 0) is 6.42 Å². The summed E-state index contributed by atoms with van der Waals surface area (Å²) in [7, 11) is 0. The van der Waals surface area contributed by atoms with Gasteiger partial charge in [0, 0.05) is 46.5 Å². The van der Waals surface area contributed by atoms with Crippen LogP contribution in [0.15, 0.2) is 35.7 Å². The minimum absolute atomic E-state index is 0.0941. The fourth-order valence-electron chi connectivity index (χ4n) is 5.37. The minimum Gasteiger partial charge on any atom is -0.391 e. The van der Waals surface area contributed by atoms with Gasteiger partial charge in [0.2, 0.25) is 0 Å². The Morgan fingerprint density at radius 1 is 1.28 bits per heavy atom. The van der Waals surface area contributed by atoms with Gasteiger partial charge >= 0.3 is 0 Å². The summed E-state index contributed by atoms with van der Waals surface area (Å²) in [6.07, 6.45) is 3.13. The van der Waals surface area contributed by atoms with Crippen LogP contribution in [0.2, 0.25) is 0 Å². The summed E-state index contributed by atoms with van der Waals surface area (Å²) in [5.41, 5.74) is 5.14. The summed E-state index contributed by atoms with van der Waals surface area (Å²) in [4.78, 5) is 20.2. The number of carbonyl (C=O) groups is 1. The second-order valence-corrected chi connectivity index (χ2v) is 9.92. The molecule has 164 valence electrons. The number of aromatic nitrogens is 2. The number of ketones is 1. The van der Waals surface area contributed by atoms with Crippen molar-refractivity contribution < 1.29 is 9.90 Å². The maximum absolute atomic E-state index is 13.4. The molecular formula is C25H26N4O2S. The molecule has 2 aliphatic heterocycles. The van der Waals surface area contributed by atoms with Gasteiger partial charge < -0.3 is 9.67 Å². The number of hydrogen-bond acceptors (Lipinski definition) is 6. The zero-order valence-corrected chi connectivity index (χ0v) is 19.1. The number of benzene rings is 1. The Balaban J connectivity index is 1.50. The lowest BCUT2D eigenvalue weighted by molar-refractivity contribution is 0.0873. The van der Waals surface area contributed by atoms with E-state index in [1.165, 1.54) is 0 Å². The minimum atomic E-state index is -0.311. The topological polar surface area (TPSA) is 82.2 Å². The number of carbonyl (C=O) groups excluding carboxylic acids is 1. The van der Waals surface area contributed by atoms with Crippen LogP contribution in [0.3, 0.4) is 0 Å². The van der Waals surface area contributed by atoms with Crippen LogP contribution in [0, 0.1) is 25.2 Å². The van der Waals surface area contributed by atoms with Gasteiger partial charge in [-0.1, -0.05) is 0 Å². The smallest absolute Gasteiger partial charge is 0.178 e. The second kappa shape index (κ2) is 8.28. The Kier molecular flexibility index (Phi) is 5.46. The summed E-state index contributed by atoms with van der Waals surface area (Å²) < 4.78 is 2.11. The lowest BCUT2D eigenvalue weighted by Crippen LogP contribution is -2.36. The molecule has 0 saturated carbocycles. The van der Waals surface area contributed by atoms with Crippen molar-refractivity contribution in [1.29, 1.82) is 5.26 Å². The number of thiazole rings is 1. The molecule has 3 atom stereocenters. The van der Waals surface area contributed by atoms with Gasteiger partial charge in [0.25, 0.3) is 0 Å². The van der Waals surface area contributed by atoms with Crippen molar-refractivity contribution >= 4 is 17.1 Å². The van der Waals surface area contributed by atoms with Gasteiger partial charge in [-0.2, -0.15) is 5.26 Å². The Labute approximate surface area is 191 Å². The number of Topliss-reactive ketones (excluding diaryl/α,β-unsaturated/α-hetero) is 1.